The molecule has 2 rings (SSSR count). The molecule has 2 N–H and O–H groups in total. The summed E-state index contributed by atoms with van der Waals surface area (Å²) in [6, 6.07) is 1.51. The van der Waals surface area contributed by atoms with Gasteiger partial charge in [0.1, 0.15) is 0 Å². The predicted molar refractivity (Wildman–Crippen MR) is 74.0 cm³/mol. The molecule has 0 aromatic rings. The summed E-state index contributed by atoms with van der Waals surface area (Å²) < 4.78 is 0. The fourth-order valence-electron chi connectivity index (χ4n) is 4.06. The molecule has 2 nitrogen and oxygen atoms in total. The maximum atomic E-state index is 6.15. The fraction of sp³-hybridized carbons (Fsp3) is 1.00. The highest BCUT2D eigenvalue weighted by molar-refractivity contribution is 4.99. The first-order chi connectivity index (χ1) is 8.10. The Morgan fingerprint density at radius 1 is 1.24 bits per heavy atom. The summed E-state index contributed by atoms with van der Waals surface area (Å²) >= 11 is 0. The molecule has 0 bridgehead atoms. The van der Waals surface area contributed by atoms with E-state index in [1.54, 1.807) is 0 Å². The molecule has 1 saturated heterocycles. The Balaban J connectivity index is 2.08. The van der Waals surface area contributed by atoms with E-state index in [-0.39, 0.29) is 5.54 Å². The third kappa shape index (κ3) is 2.53. The Morgan fingerprint density at radius 2 is 1.94 bits per heavy atom. The molecule has 2 aliphatic rings. The first kappa shape index (κ1) is 13.4. The number of likely N-dealkylation sites (tertiary alicyclic amines) is 1. The number of hydrogen-bond donors (Lipinski definition) is 1. The maximum Gasteiger partial charge on any atom is 0.0311 e. The van der Waals surface area contributed by atoms with Crippen LogP contribution in [0.2, 0.25) is 0 Å². The minimum atomic E-state index is 0.252. The standard InChI is InChI=1S/C15H30N2/c1-4-14-9-8-12(2)17(14)15(3,11-16)10-13-6-5-7-13/h12-14H,4-11,16H2,1-3H3. The molecule has 1 aliphatic heterocycles. The van der Waals surface area contributed by atoms with Crippen LogP contribution in [0.15, 0.2) is 0 Å². The van der Waals surface area contributed by atoms with E-state index in [1.807, 2.05) is 0 Å². The number of nitrogens with zero attached hydrogens (tertiary/aromatic N) is 1. The topological polar surface area (TPSA) is 29.3 Å². The van der Waals surface area contributed by atoms with E-state index in [2.05, 4.69) is 25.7 Å². The van der Waals surface area contributed by atoms with Crippen molar-refractivity contribution in [2.24, 2.45) is 11.7 Å². The van der Waals surface area contributed by atoms with Crippen molar-refractivity contribution < 1.29 is 0 Å². The van der Waals surface area contributed by atoms with Crippen molar-refractivity contribution in [3.05, 3.63) is 0 Å². The summed E-state index contributed by atoms with van der Waals surface area (Å²) in [7, 11) is 0. The van der Waals surface area contributed by atoms with Crippen LogP contribution in [-0.2, 0) is 0 Å². The van der Waals surface area contributed by atoms with Crippen LogP contribution in [0.1, 0.15) is 65.7 Å². The highest BCUT2D eigenvalue weighted by Crippen LogP contribution is 2.40. The third-order valence-electron chi connectivity index (χ3n) is 5.27. The van der Waals surface area contributed by atoms with Crippen LogP contribution in [0.4, 0.5) is 0 Å². The molecule has 1 saturated carbocycles. The van der Waals surface area contributed by atoms with Gasteiger partial charge in [-0.1, -0.05) is 26.2 Å². The molecule has 0 spiro atoms. The highest BCUT2D eigenvalue weighted by atomic mass is 15.3. The van der Waals surface area contributed by atoms with Gasteiger partial charge in [-0.2, -0.15) is 0 Å². The fourth-order valence-corrected chi connectivity index (χ4v) is 4.06. The van der Waals surface area contributed by atoms with Crippen molar-refractivity contribution in [2.75, 3.05) is 6.54 Å². The molecule has 2 heteroatoms. The largest absolute Gasteiger partial charge is 0.329 e. The second-order valence-electron chi connectivity index (χ2n) is 6.60. The zero-order valence-corrected chi connectivity index (χ0v) is 11.9. The molecule has 0 amide bonds. The maximum absolute atomic E-state index is 6.15. The summed E-state index contributed by atoms with van der Waals surface area (Å²) in [4.78, 5) is 2.77. The number of hydrogen-bond acceptors (Lipinski definition) is 2. The monoisotopic (exact) mass is 238 g/mol. The lowest BCUT2D eigenvalue weighted by Crippen LogP contribution is -2.57. The van der Waals surface area contributed by atoms with Gasteiger partial charge in [0.25, 0.3) is 0 Å². The summed E-state index contributed by atoms with van der Waals surface area (Å²) in [5.74, 6) is 0.953. The van der Waals surface area contributed by atoms with E-state index in [0.29, 0.717) is 0 Å². The van der Waals surface area contributed by atoms with E-state index in [1.165, 1.54) is 44.9 Å². The Labute approximate surface area is 107 Å². The van der Waals surface area contributed by atoms with Gasteiger partial charge < -0.3 is 5.73 Å². The normalized spacial score (nSPS) is 34.6. The van der Waals surface area contributed by atoms with E-state index in [9.17, 15) is 0 Å². The van der Waals surface area contributed by atoms with Gasteiger partial charge in [-0.05, 0) is 45.4 Å². The molecule has 2 fully saturated rings. The molecule has 3 unspecified atom stereocenters. The average Bonchev–Trinajstić information content (AvgIpc) is 2.65. The molecule has 0 aromatic heterocycles. The predicted octanol–water partition coefficient (Wildman–Crippen LogP) is 3.16. The highest BCUT2D eigenvalue weighted by Gasteiger charge is 2.43. The van der Waals surface area contributed by atoms with Crippen LogP contribution in [0, 0.1) is 5.92 Å². The molecular formula is C15H30N2. The Morgan fingerprint density at radius 3 is 2.41 bits per heavy atom. The first-order valence-corrected chi connectivity index (χ1v) is 7.59. The Kier molecular flexibility index (Phi) is 4.14. The SMILES string of the molecule is CCC1CCC(C)N1C(C)(CN)CC1CCC1. The van der Waals surface area contributed by atoms with Crippen LogP contribution in [0.5, 0.6) is 0 Å². The van der Waals surface area contributed by atoms with E-state index >= 15 is 0 Å². The molecule has 1 heterocycles. The number of rotatable bonds is 5. The zero-order chi connectivity index (χ0) is 12.5. The summed E-state index contributed by atoms with van der Waals surface area (Å²) in [5.41, 5.74) is 6.40. The minimum Gasteiger partial charge on any atom is -0.329 e. The van der Waals surface area contributed by atoms with Crippen molar-refractivity contribution in [1.82, 2.24) is 4.90 Å². The van der Waals surface area contributed by atoms with Crippen molar-refractivity contribution >= 4 is 0 Å². The van der Waals surface area contributed by atoms with Crippen LogP contribution >= 0.6 is 0 Å². The van der Waals surface area contributed by atoms with E-state index < -0.39 is 0 Å². The van der Waals surface area contributed by atoms with Gasteiger partial charge in [-0.15, -0.1) is 0 Å². The summed E-state index contributed by atoms with van der Waals surface area (Å²) in [6.07, 6.45) is 9.66. The molecule has 3 atom stereocenters. The lowest BCUT2D eigenvalue weighted by atomic mass is 9.75. The average molecular weight is 238 g/mol. The minimum absolute atomic E-state index is 0.252. The van der Waals surface area contributed by atoms with Gasteiger partial charge in [0.15, 0.2) is 0 Å². The van der Waals surface area contributed by atoms with Gasteiger partial charge in [0, 0.05) is 24.2 Å². The zero-order valence-electron chi connectivity index (χ0n) is 11.9. The van der Waals surface area contributed by atoms with Gasteiger partial charge in [0.05, 0.1) is 0 Å². The molecule has 0 aromatic carbocycles. The Bertz CT molecular complexity index is 249. The van der Waals surface area contributed by atoms with E-state index in [0.717, 1.165) is 24.5 Å². The molecule has 0 radical (unpaired) electrons. The lowest BCUT2D eigenvalue weighted by Gasteiger charge is -2.47. The lowest BCUT2D eigenvalue weighted by molar-refractivity contribution is 0.0287. The van der Waals surface area contributed by atoms with Crippen LogP contribution in [-0.4, -0.2) is 29.1 Å². The van der Waals surface area contributed by atoms with Crippen molar-refractivity contribution in [1.29, 1.82) is 0 Å². The van der Waals surface area contributed by atoms with Gasteiger partial charge in [-0.25, -0.2) is 0 Å². The Hall–Kier alpha value is -0.0800. The van der Waals surface area contributed by atoms with Crippen molar-refractivity contribution in [3.8, 4) is 0 Å². The van der Waals surface area contributed by atoms with Gasteiger partial charge in [-0.3, -0.25) is 4.90 Å². The molecule has 100 valence electrons. The second kappa shape index (κ2) is 5.27. The smallest absolute Gasteiger partial charge is 0.0311 e. The van der Waals surface area contributed by atoms with E-state index in [4.69, 9.17) is 5.73 Å². The first-order valence-electron chi connectivity index (χ1n) is 7.59. The molecular weight excluding hydrogens is 208 g/mol. The molecule has 17 heavy (non-hydrogen) atoms. The molecule has 1 aliphatic carbocycles. The summed E-state index contributed by atoms with van der Waals surface area (Å²) in [6.45, 7) is 7.96. The van der Waals surface area contributed by atoms with Crippen molar-refractivity contribution in [3.63, 3.8) is 0 Å². The second-order valence-corrected chi connectivity index (χ2v) is 6.60. The summed E-state index contributed by atoms with van der Waals surface area (Å²) in [5, 5.41) is 0. The van der Waals surface area contributed by atoms with Gasteiger partial charge >= 0.3 is 0 Å². The third-order valence-corrected chi connectivity index (χ3v) is 5.27. The van der Waals surface area contributed by atoms with Crippen molar-refractivity contribution in [2.45, 2.75) is 83.3 Å². The van der Waals surface area contributed by atoms with Crippen LogP contribution in [0.3, 0.4) is 0 Å². The van der Waals surface area contributed by atoms with Crippen LogP contribution < -0.4 is 5.73 Å². The van der Waals surface area contributed by atoms with Crippen LogP contribution in [0.25, 0.3) is 0 Å². The van der Waals surface area contributed by atoms with Gasteiger partial charge in [0.2, 0.25) is 0 Å². The quantitative estimate of drug-likeness (QED) is 0.797. The number of nitrogens with two attached hydrogens (primary N) is 1.